The van der Waals surface area contributed by atoms with Gasteiger partial charge >= 0.3 is 0 Å². The van der Waals surface area contributed by atoms with Gasteiger partial charge in [0.05, 0.1) is 10.0 Å². The van der Waals surface area contributed by atoms with Crippen molar-refractivity contribution in [2.24, 2.45) is 5.92 Å². The molecule has 18 heavy (non-hydrogen) atoms. The summed E-state index contributed by atoms with van der Waals surface area (Å²) in [5.74, 6) is 0.717. The van der Waals surface area contributed by atoms with Gasteiger partial charge in [-0.25, -0.2) is 0 Å². The van der Waals surface area contributed by atoms with Crippen LogP contribution in [-0.4, -0.2) is 7.05 Å². The molecule has 2 rings (SSSR count). The van der Waals surface area contributed by atoms with Crippen LogP contribution in [0.1, 0.15) is 50.1 Å². The van der Waals surface area contributed by atoms with E-state index in [0.29, 0.717) is 16.1 Å². The van der Waals surface area contributed by atoms with Crippen LogP contribution in [0.3, 0.4) is 0 Å². The lowest BCUT2D eigenvalue weighted by Gasteiger charge is -2.26. The van der Waals surface area contributed by atoms with Crippen LogP contribution < -0.4 is 5.32 Å². The van der Waals surface area contributed by atoms with E-state index in [9.17, 15) is 0 Å². The topological polar surface area (TPSA) is 12.0 Å². The van der Waals surface area contributed by atoms with Crippen LogP contribution in [0.2, 0.25) is 10.0 Å². The third-order valence-corrected chi connectivity index (χ3v) is 4.72. The molecule has 0 aliphatic heterocycles. The standard InChI is InChI=1S/C15H21Cl2N/c1-18-15(11-6-4-2-3-5-7-11)12-8-9-13(16)14(17)10-12/h8-11,15,18H,2-7H2,1H3. The zero-order chi connectivity index (χ0) is 13.0. The van der Waals surface area contributed by atoms with Gasteiger partial charge in [0.1, 0.15) is 0 Å². The molecule has 1 N–H and O–H groups in total. The van der Waals surface area contributed by atoms with Crippen LogP contribution in [-0.2, 0) is 0 Å². The Morgan fingerprint density at radius 2 is 1.72 bits per heavy atom. The Morgan fingerprint density at radius 1 is 1.06 bits per heavy atom. The molecule has 0 heterocycles. The first-order chi connectivity index (χ1) is 8.72. The highest BCUT2D eigenvalue weighted by Crippen LogP contribution is 2.35. The second kappa shape index (κ2) is 6.79. The van der Waals surface area contributed by atoms with E-state index >= 15 is 0 Å². The molecule has 0 amide bonds. The molecular weight excluding hydrogens is 265 g/mol. The number of nitrogens with one attached hydrogen (secondary N) is 1. The first-order valence-corrected chi connectivity index (χ1v) is 7.60. The van der Waals surface area contributed by atoms with Crippen molar-refractivity contribution in [1.82, 2.24) is 5.32 Å². The number of rotatable bonds is 3. The third-order valence-electron chi connectivity index (χ3n) is 3.99. The van der Waals surface area contributed by atoms with Gasteiger partial charge < -0.3 is 5.32 Å². The molecule has 1 aliphatic carbocycles. The molecule has 0 radical (unpaired) electrons. The van der Waals surface area contributed by atoms with Crippen molar-refractivity contribution in [2.75, 3.05) is 7.05 Å². The average Bonchev–Trinajstić information content (AvgIpc) is 2.64. The van der Waals surface area contributed by atoms with Crippen molar-refractivity contribution in [2.45, 2.75) is 44.6 Å². The van der Waals surface area contributed by atoms with Crippen molar-refractivity contribution in [3.63, 3.8) is 0 Å². The van der Waals surface area contributed by atoms with E-state index in [0.717, 1.165) is 5.92 Å². The van der Waals surface area contributed by atoms with Gasteiger partial charge in [-0.3, -0.25) is 0 Å². The van der Waals surface area contributed by atoms with E-state index in [1.54, 1.807) is 0 Å². The van der Waals surface area contributed by atoms with Gasteiger partial charge in [0.15, 0.2) is 0 Å². The molecule has 1 fully saturated rings. The fourth-order valence-corrected chi connectivity index (χ4v) is 3.33. The number of hydrogen-bond donors (Lipinski definition) is 1. The van der Waals surface area contributed by atoms with Gasteiger partial charge in [0.2, 0.25) is 0 Å². The molecule has 1 unspecified atom stereocenters. The van der Waals surface area contributed by atoms with E-state index in [-0.39, 0.29) is 0 Å². The summed E-state index contributed by atoms with van der Waals surface area (Å²) in [4.78, 5) is 0. The van der Waals surface area contributed by atoms with Gasteiger partial charge in [-0.2, -0.15) is 0 Å². The van der Waals surface area contributed by atoms with Crippen molar-refractivity contribution < 1.29 is 0 Å². The maximum Gasteiger partial charge on any atom is 0.0595 e. The Labute approximate surface area is 120 Å². The third kappa shape index (κ3) is 3.40. The number of halogens is 2. The number of benzene rings is 1. The van der Waals surface area contributed by atoms with Crippen LogP contribution in [0, 0.1) is 5.92 Å². The summed E-state index contributed by atoms with van der Waals surface area (Å²) in [6, 6.07) is 6.41. The predicted molar refractivity (Wildman–Crippen MR) is 79.5 cm³/mol. The highest BCUT2D eigenvalue weighted by molar-refractivity contribution is 6.42. The van der Waals surface area contributed by atoms with Gasteiger partial charge in [-0.15, -0.1) is 0 Å². The van der Waals surface area contributed by atoms with Gasteiger partial charge in [-0.05, 0) is 43.5 Å². The SMILES string of the molecule is CNC(c1ccc(Cl)c(Cl)c1)C1CCCCCC1. The van der Waals surface area contributed by atoms with E-state index in [4.69, 9.17) is 23.2 Å². The van der Waals surface area contributed by atoms with Gasteiger partial charge in [0.25, 0.3) is 0 Å². The molecular formula is C15H21Cl2N. The molecule has 1 aromatic carbocycles. The highest BCUT2D eigenvalue weighted by Gasteiger charge is 2.23. The summed E-state index contributed by atoms with van der Waals surface area (Å²) in [6.45, 7) is 0. The minimum atomic E-state index is 0.401. The Kier molecular flexibility index (Phi) is 5.35. The highest BCUT2D eigenvalue weighted by atomic mass is 35.5. The first-order valence-electron chi connectivity index (χ1n) is 6.84. The Hall–Kier alpha value is -0.240. The maximum absolute atomic E-state index is 6.13. The second-order valence-electron chi connectivity index (χ2n) is 5.19. The second-order valence-corrected chi connectivity index (χ2v) is 6.01. The lowest BCUT2D eigenvalue weighted by molar-refractivity contribution is 0.341. The summed E-state index contributed by atoms with van der Waals surface area (Å²) in [5.41, 5.74) is 1.26. The Morgan fingerprint density at radius 3 is 2.28 bits per heavy atom. The van der Waals surface area contributed by atoms with Crippen LogP contribution in [0.5, 0.6) is 0 Å². The lowest BCUT2D eigenvalue weighted by atomic mass is 9.87. The fourth-order valence-electron chi connectivity index (χ4n) is 3.02. The molecule has 1 aliphatic rings. The smallest absolute Gasteiger partial charge is 0.0595 e. The fraction of sp³-hybridized carbons (Fsp3) is 0.600. The summed E-state index contributed by atoms with van der Waals surface area (Å²) in [5, 5.41) is 4.75. The quantitative estimate of drug-likeness (QED) is 0.751. The van der Waals surface area contributed by atoms with E-state index in [1.807, 2.05) is 19.2 Å². The van der Waals surface area contributed by atoms with Crippen LogP contribution >= 0.6 is 23.2 Å². The molecule has 0 bridgehead atoms. The number of hydrogen-bond acceptors (Lipinski definition) is 1. The molecule has 0 saturated heterocycles. The Bertz CT molecular complexity index is 384. The normalized spacial score (nSPS) is 19.5. The van der Waals surface area contributed by atoms with Crippen LogP contribution in [0.15, 0.2) is 18.2 Å². The summed E-state index contributed by atoms with van der Waals surface area (Å²) in [6.07, 6.45) is 8.09. The molecule has 1 aromatic rings. The monoisotopic (exact) mass is 285 g/mol. The van der Waals surface area contributed by atoms with Crippen molar-refractivity contribution in [3.05, 3.63) is 33.8 Å². The molecule has 3 heteroatoms. The Balaban J connectivity index is 2.17. The summed E-state index contributed by atoms with van der Waals surface area (Å²) in [7, 11) is 2.04. The first kappa shape index (κ1) is 14.2. The van der Waals surface area contributed by atoms with Gasteiger partial charge in [-0.1, -0.05) is 55.0 Å². The molecule has 100 valence electrons. The zero-order valence-corrected chi connectivity index (χ0v) is 12.4. The van der Waals surface area contributed by atoms with Crippen molar-refractivity contribution in [3.8, 4) is 0 Å². The lowest BCUT2D eigenvalue weighted by Crippen LogP contribution is -2.25. The largest absolute Gasteiger partial charge is 0.313 e. The molecule has 1 nitrogen and oxygen atoms in total. The van der Waals surface area contributed by atoms with E-state index in [1.165, 1.54) is 44.1 Å². The van der Waals surface area contributed by atoms with E-state index in [2.05, 4.69) is 11.4 Å². The van der Waals surface area contributed by atoms with Crippen molar-refractivity contribution >= 4 is 23.2 Å². The van der Waals surface area contributed by atoms with E-state index < -0.39 is 0 Å². The minimum Gasteiger partial charge on any atom is -0.313 e. The summed E-state index contributed by atoms with van der Waals surface area (Å²) < 4.78 is 0. The van der Waals surface area contributed by atoms with Crippen molar-refractivity contribution in [1.29, 1.82) is 0 Å². The summed E-state index contributed by atoms with van der Waals surface area (Å²) >= 11 is 12.1. The molecule has 0 spiro atoms. The molecule has 1 atom stereocenters. The molecule has 1 saturated carbocycles. The average molecular weight is 286 g/mol. The van der Waals surface area contributed by atoms with Gasteiger partial charge in [0, 0.05) is 6.04 Å². The minimum absolute atomic E-state index is 0.401. The van der Waals surface area contributed by atoms with Crippen LogP contribution in [0.4, 0.5) is 0 Å². The molecule has 0 aromatic heterocycles. The predicted octanol–water partition coefficient (Wildman–Crippen LogP) is 5.22. The zero-order valence-electron chi connectivity index (χ0n) is 10.9. The maximum atomic E-state index is 6.13. The van der Waals surface area contributed by atoms with Crippen LogP contribution in [0.25, 0.3) is 0 Å².